The number of benzene rings is 2. The average molecular weight is 338 g/mol. The van der Waals surface area contributed by atoms with E-state index < -0.39 is 0 Å². The van der Waals surface area contributed by atoms with Gasteiger partial charge in [0.15, 0.2) is 0 Å². The molecule has 2 heteroatoms. The van der Waals surface area contributed by atoms with Crippen LogP contribution in [0.25, 0.3) is 6.08 Å². The van der Waals surface area contributed by atoms with Gasteiger partial charge in [0.1, 0.15) is 0 Å². The monoisotopic (exact) mass is 337 g/mol. The molecule has 0 aliphatic rings. The molecule has 0 heterocycles. The number of aryl methyl sites for hydroxylation is 1. The summed E-state index contributed by atoms with van der Waals surface area (Å²) >= 11 is 5.30. The van der Waals surface area contributed by atoms with Crippen molar-refractivity contribution in [3.8, 4) is 0 Å². The standard InChI is InChI=1S/C22H27NS/c1-5-10-18-13-9-14-22(21(18)6-2)23(4)16-20-12-8-7-11-19(20)15-17(3)24/h6-9,11-14H,2,5,10,15-16H2,1,3-4H3. The minimum Gasteiger partial charge on any atom is -0.370 e. The summed E-state index contributed by atoms with van der Waals surface area (Å²) in [7, 11) is 2.15. The second-order valence-corrected chi connectivity index (χ2v) is 7.00. The summed E-state index contributed by atoms with van der Waals surface area (Å²) in [6.45, 7) is 9.14. The van der Waals surface area contributed by atoms with E-state index in [1.165, 1.54) is 27.9 Å². The second kappa shape index (κ2) is 8.79. The fourth-order valence-electron chi connectivity index (χ4n) is 3.15. The van der Waals surface area contributed by atoms with Crippen molar-refractivity contribution in [2.75, 3.05) is 11.9 Å². The zero-order chi connectivity index (χ0) is 17.5. The fraction of sp³-hybridized carbons (Fsp3) is 0.318. The van der Waals surface area contributed by atoms with Gasteiger partial charge in [-0.15, -0.1) is 0 Å². The maximum Gasteiger partial charge on any atom is 0.0442 e. The maximum absolute atomic E-state index is 5.30. The van der Waals surface area contributed by atoms with Crippen LogP contribution in [0.15, 0.2) is 49.0 Å². The highest BCUT2D eigenvalue weighted by Gasteiger charge is 2.11. The molecule has 0 aliphatic carbocycles. The summed E-state index contributed by atoms with van der Waals surface area (Å²) in [6, 6.07) is 15.1. The molecule has 126 valence electrons. The number of anilines is 1. The molecular formula is C22H27NS. The number of hydrogen-bond donors (Lipinski definition) is 0. The van der Waals surface area contributed by atoms with Crippen molar-refractivity contribution in [1.29, 1.82) is 0 Å². The van der Waals surface area contributed by atoms with Crippen molar-refractivity contribution in [2.45, 2.75) is 39.7 Å². The fourth-order valence-corrected chi connectivity index (χ4v) is 3.30. The molecule has 24 heavy (non-hydrogen) atoms. The number of thiocarbonyl (C=S) groups is 1. The van der Waals surface area contributed by atoms with E-state index in [1.54, 1.807) is 0 Å². The normalized spacial score (nSPS) is 10.5. The van der Waals surface area contributed by atoms with E-state index in [4.69, 9.17) is 12.2 Å². The predicted octanol–water partition coefficient (Wildman–Crippen LogP) is 5.85. The van der Waals surface area contributed by atoms with Gasteiger partial charge in [0.05, 0.1) is 0 Å². The van der Waals surface area contributed by atoms with Gasteiger partial charge in [-0.25, -0.2) is 0 Å². The van der Waals surface area contributed by atoms with Crippen molar-refractivity contribution in [1.82, 2.24) is 0 Å². The minimum absolute atomic E-state index is 0.865. The molecule has 0 N–H and O–H groups in total. The first-order valence-corrected chi connectivity index (χ1v) is 8.99. The van der Waals surface area contributed by atoms with Crippen LogP contribution in [0.3, 0.4) is 0 Å². The van der Waals surface area contributed by atoms with E-state index in [0.29, 0.717) is 0 Å². The molecule has 0 aromatic heterocycles. The Kier molecular flexibility index (Phi) is 6.74. The van der Waals surface area contributed by atoms with E-state index in [2.05, 4.69) is 67.9 Å². The van der Waals surface area contributed by atoms with Crippen molar-refractivity contribution in [2.24, 2.45) is 0 Å². The van der Waals surface area contributed by atoms with Crippen LogP contribution in [-0.4, -0.2) is 11.9 Å². The Bertz CT molecular complexity index is 718. The van der Waals surface area contributed by atoms with Crippen LogP contribution in [-0.2, 0) is 19.4 Å². The third-order valence-corrected chi connectivity index (χ3v) is 4.42. The van der Waals surface area contributed by atoms with E-state index in [0.717, 1.165) is 30.7 Å². The first-order valence-electron chi connectivity index (χ1n) is 8.58. The summed E-state index contributed by atoms with van der Waals surface area (Å²) < 4.78 is 0. The van der Waals surface area contributed by atoms with Gasteiger partial charge < -0.3 is 4.90 Å². The Morgan fingerprint density at radius 1 is 1.08 bits per heavy atom. The van der Waals surface area contributed by atoms with Gasteiger partial charge >= 0.3 is 0 Å². The smallest absolute Gasteiger partial charge is 0.0442 e. The summed E-state index contributed by atoms with van der Waals surface area (Å²) in [5.41, 5.74) is 6.52. The van der Waals surface area contributed by atoms with Gasteiger partial charge in [-0.05, 0) is 41.0 Å². The molecular weight excluding hydrogens is 310 g/mol. The lowest BCUT2D eigenvalue weighted by molar-refractivity contribution is 0.892. The van der Waals surface area contributed by atoms with Gasteiger partial charge in [-0.3, -0.25) is 0 Å². The van der Waals surface area contributed by atoms with Gasteiger partial charge in [-0.2, -0.15) is 0 Å². The van der Waals surface area contributed by atoms with Crippen LogP contribution >= 0.6 is 12.2 Å². The van der Waals surface area contributed by atoms with E-state index in [1.807, 2.05) is 13.0 Å². The maximum atomic E-state index is 5.30. The zero-order valence-corrected chi connectivity index (χ0v) is 15.8. The van der Waals surface area contributed by atoms with Crippen molar-refractivity contribution in [3.05, 3.63) is 71.3 Å². The van der Waals surface area contributed by atoms with Crippen LogP contribution in [0.4, 0.5) is 5.69 Å². The van der Waals surface area contributed by atoms with Crippen molar-refractivity contribution < 1.29 is 0 Å². The minimum atomic E-state index is 0.865. The lowest BCUT2D eigenvalue weighted by atomic mass is 9.99. The van der Waals surface area contributed by atoms with Crippen molar-refractivity contribution in [3.63, 3.8) is 0 Å². The molecule has 2 aromatic carbocycles. The molecule has 0 saturated heterocycles. The third-order valence-electron chi connectivity index (χ3n) is 4.27. The highest BCUT2D eigenvalue weighted by atomic mass is 32.1. The lowest BCUT2D eigenvalue weighted by Crippen LogP contribution is -2.19. The first kappa shape index (κ1) is 18.4. The first-order chi connectivity index (χ1) is 11.6. The molecule has 0 atom stereocenters. The number of hydrogen-bond acceptors (Lipinski definition) is 2. The topological polar surface area (TPSA) is 3.24 Å². The summed E-state index contributed by atoms with van der Waals surface area (Å²) in [5.74, 6) is 0. The molecule has 0 bridgehead atoms. The average Bonchev–Trinajstić information content (AvgIpc) is 2.56. The molecule has 0 fully saturated rings. The molecule has 2 aromatic rings. The molecule has 0 radical (unpaired) electrons. The van der Waals surface area contributed by atoms with Crippen LogP contribution in [0.2, 0.25) is 0 Å². The Balaban J connectivity index is 2.31. The zero-order valence-electron chi connectivity index (χ0n) is 15.0. The van der Waals surface area contributed by atoms with Gasteiger partial charge in [-0.1, -0.05) is 74.6 Å². The van der Waals surface area contributed by atoms with E-state index in [-0.39, 0.29) is 0 Å². The van der Waals surface area contributed by atoms with Crippen molar-refractivity contribution >= 4 is 28.8 Å². The molecule has 0 spiro atoms. The highest BCUT2D eigenvalue weighted by molar-refractivity contribution is 7.80. The molecule has 0 aliphatic heterocycles. The molecule has 0 amide bonds. The number of rotatable bonds is 8. The van der Waals surface area contributed by atoms with Crippen LogP contribution in [0.1, 0.15) is 42.5 Å². The van der Waals surface area contributed by atoms with Crippen LogP contribution in [0.5, 0.6) is 0 Å². The van der Waals surface area contributed by atoms with Gasteiger partial charge in [0.25, 0.3) is 0 Å². The predicted molar refractivity (Wildman–Crippen MR) is 111 cm³/mol. The Morgan fingerprint density at radius 3 is 2.38 bits per heavy atom. The third kappa shape index (κ3) is 4.55. The van der Waals surface area contributed by atoms with E-state index >= 15 is 0 Å². The summed E-state index contributed by atoms with van der Waals surface area (Å²) in [5, 5.41) is 0. The largest absolute Gasteiger partial charge is 0.370 e. The van der Waals surface area contributed by atoms with Crippen LogP contribution in [0, 0.1) is 0 Å². The molecule has 2 rings (SSSR count). The summed E-state index contributed by atoms with van der Waals surface area (Å²) in [6.07, 6.45) is 5.09. The molecule has 1 nitrogen and oxygen atoms in total. The molecule has 0 saturated carbocycles. The summed E-state index contributed by atoms with van der Waals surface area (Å²) in [4.78, 5) is 3.34. The lowest BCUT2D eigenvalue weighted by Gasteiger charge is -2.24. The highest BCUT2D eigenvalue weighted by Crippen LogP contribution is 2.27. The molecule has 0 unspecified atom stereocenters. The van der Waals surface area contributed by atoms with Gasteiger partial charge in [0.2, 0.25) is 0 Å². The Hall–Kier alpha value is -1.93. The second-order valence-electron chi connectivity index (χ2n) is 6.31. The van der Waals surface area contributed by atoms with Gasteiger partial charge in [0, 0.05) is 31.3 Å². The SMILES string of the molecule is C=Cc1c(CCC)cccc1N(C)Cc1ccccc1CC(C)=S. The quantitative estimate of drug-likeness (QED) is 0.556. The van der Waals surface area contributed by atoms with Crippen LogP contribution < -0.4 is 4.90 Å². The Labute approximate surface area is 152 Å². The Morgan fingerprint density at radius 2 is 1.75 bits per heavy atom. The van der Waals surface area contributed by atoms with E-state index in [9.17, 15) is 0 Å². The number of nitrogens with zero attached hydrogens (tertiary/aromatic N) is 1.